The molecule has 1 aromatic carbocycles. The smallest absolute Gasteiger partial charge is 0.437 e. The number of hydrogen-bond donors (Lipinski definition) is 1. The Hall–Kier alpha value is -1.97. The van der Waals surface area contributed by atoms with Crippen LogP contribution in [0.25, 0.3) is 0 Å². The van der Waals surface area contributed by atoms with Gasteiger partial charge in [0.05, 0.1) is 0 Å². The summed E-state index contributed by atoms with van der Waals surface area (Å²) < 4.78 is 82.7. The first-order valence-electron chi connectivity index (χ1n) is 5.71. The number of rotatable bonds is 5. The first-order valence-corrected chi connectivity index (χ1v) is 5.71. The lowest BCUT2D eigenvalue weighted by atomic mass is 10.0. The first-order chi connectivity index (χ1) is 10.00. The van der Waals surface area contributed by atoms with Gasteiger partial charge in [0.2, 0.25) is 0 Å². The molecule has 22 heavy (non-hydrogen) atoms. The van der Waals surface area contributed by atoms with Crippen LogP contribution < -0.4 is 4.74 Å². The van der Waals surface area contributed by atoms with Gasteiger partial charge in [0.25, 0.3) is 0 Å². The van der Waals surface area contributed by atoms with E-state index in [1.807, 2.05) is 0 Å². The monoisotopic (exact) mass is 332 g/mol. The highest BCUT2D eigenvalue weighted by Crippen LogP contribution is 2.43. The van der Waals surface area contributed by atoms with E-state index in [0.29, 0.717) is 0 Å². The van der Waals surface area contributed by atoms with Gasteiger partial charge in [-0.15, -0.1) is 0 Å². The topological polar surface area (TPSA) is 55.8 Å². The van der Waals surface area contributed by atoms with Gasteiger partial charge < -0.3 is 14.6 Å². The van der Waals surface area contributed by atoms with Gasteiger partial charge in [0.1, 0.15) is 19.0 Å². The summed E-state index contributed by atoms with van der Waals surface area (Å²) in [6, 6.07) is 7.76. The molecule has 0 unspecified atom stereocenters. The molecule has 0 spiro atoms. The first kappa shape index (κ1) is 18.1. The van der Waals surface area contributed by atoms with E-state index in [-0.39, 0.29) is 5.75 Å². The van der Waals surface area contributed by atoms with Crippen molar-refractivity contribution in [3.63, 3.8) is 0 Å². The maximum absolute atomic E-state index is 12.3. The van der Waals surface area contributed by atoms with E-state index in [0.717, 1.165) is 0 Å². The molecule has 1 rings (SSSR count). The number of benzene rings is 1. The fourth-order valence-corrected chi connectivity index (χ4v) is 1.31. The predicted molar refractivity (Wildman–Crippen MR) is 60.0 cm³/mol. The van der Waals surface area contributed by atoms with E-state index in [2.05, 4.69) is 4.74 Å². The van der Waals surface area contributed by atoms with Gasteiger partial charge in [-0.25, -0.2) is 4.79 Å². The highest BCUT2D eigenvalue weighted by molar-refractivity contribution is 5.81. The van der Waals surface area contributed by atoms with Crippen LogP contribution in [-0.2, 0) is 9.53 Å². The summed E-state index contributed by atoms with van der Waals surface area (Å²) in [4.78, 5) is 11.0. The van der Waals surface area contributed by atoms with E-state index in [1.54, 1.807) is 18.2 Å². The van der Waals surface area contributed by atoms with Crippen molar-refractivity contribution in [3.8, 4) is 5.75 Å². The molecule has 4 nitrogen and oxygen atoms in total. The van der Waals surface area contributed by atoms with Crippen molar-refractivity contribution in [1.82, 2.24) is 0 Å². The molecule has 0 heterocycles. The lowest BCUT2D eigenvalue weighted by Crippen LogP contribution is -2.63. The molecule has 0 aliphatic heterocycles. The third-order valence-electron chi connectivity index (χ3n) is 2.44. The molecule has 124 valence electrons. The molecule has 0 aromatic heterocycles. The molecule has 0 radical (unpaired) electrons. The van der Waals surface area contributed by atoms with Crippen molar-refractivity contribution in [2.75, 3.05) is 13.2 Å². The zero-order chi connectivity index (χ0) is 17.0. The van der Waals surface area contributed by atoms with Crippen molar-refractivity contribution in [3.05, 3.63) is 30.3 Å². The number of carbonyl (C=O) groups is 1. The van der Waals surface area contributed by atoms with Crippen LogP contribution in [0.1, 0.15) is 0 Å². The highest BCUT2D eigenvalue weighted by Gasteiger charge is 2.76. The zero-order valence-electron chi connectivity index (χ0n) is 10.7. The van der Waals surface area contributed by atoms with E-state index >= 15 is 0 Å². The highest BCUT2D eigenvalue weighted by atomic mass is 19.4. The summed E-state index contributed by atoms with van der Waals surface area (Å²) in [6.45, 7) is -1.39. The Balaban J connectivity index is 2.62. The van der Waals surface area contributed by atoms with Crippen LogP contribution in [0, 0.1) is 0 Å². The predicted octanol–water partition coefficient (Wildman–Crippen LogP) is 2.46. The second-order valence-electron chi connectivity index (χ2n) is 4.00. The van der Waals surface area contributed by atoms with Crippen molar-refractivity contribution < 1.29 is 45.7 Å². The normalized spacial score (nSPS) is 12.9. The number of para-hydroxylation sites is 1. The number of hydrogen-bond acceptors (Lipinski definition) is 4. The molecule has 0 saturated carbocycles. The third kappa shape index (κ3) is 3.81. The molecule has 0 aliphatic rings. The molecular weight excluding hydrogens is 322 g/mol. The average Bonchev–Trinajstić information content (AvgIpc) is 2.41. The summed E-state index contributed by atoms with van der Waals surface area (Å²) in [5.41, 5.74) is -5.58. The van der Waals surface area contributed by atoms with Crippen LogP contribution >= 0.6 is 0 Å². The van der Waals surface area contributed by atoms with E-state index in [4.69, 9.17) is 9.84 Å². The van der Waals surface area contributed by atoms with Crippen LogP contribution in [0.3, 0.4) is 0 Å². The SMILES string of the molecule is O=C(OCCOc1ccccc1)C(O)(C(F)(F)F)C(F)(F)F. The van der Waals surface area contributed by atoms with Crippen LogP contribution in [0.2, 0.25) is 0 Å². The number of ether oxygens (including phenoxy) is 2. The lowest BCUT2D eigenvalue weighted by Gasteiger charge is -2.29. The van der Waals surface area contributed by atoms with Gasteiger partial charge in [-0.1, -0.05) is 18.2 Å². The van der Waals surface area contributed by atoms with Gasteiger partial charge in [-0.05, 0) is 12.1 Å². The van der Waals surface area contributed by atoms with E-state index in [9.17, 15) is 31.1 Å². The van der Waals surface area contributed by atoms with Crippen LogP contribution in [-0.4, -0.2) is 42.2 Å². The Morgan fingerprint density at radius 2 is 1.45 bits per heavy atom. The molecule has 10 heteroatoms. The Labute approximate surface area is 120 Å². The Morgan fingerprint density at radius 3 is 1.91 bits per heavy atom. The average molecular weight is 332 g/mol. The number of halogens is 6. The molecule has 0 fully saturated rings. The van der Waals surface area contributed by atoms with Crippen LogP contribution in [0.4, 0.5) is 26.3 Å². The second kappa shape index (κ2) is 6.42. The van der Waals surface area contributed by atoms with Crippen LogP contribution in [0.5, 0.6) is 5.75 Å². The molecule has 0 bridgehead atoms. The summed E-state index contributed by atoms with van der Waals surface area (Å²) >= 11 is 0. The molecule has 0 saturated heterocycles. The fourth-order valence-electron chi connectivity index (χ4n) is 1.31. The van der Waals surface area contributed by atoms with Gasteiger partial charge in [-0.3, -0.25) is 0 Å². The fraction of sp³-hybridized carbons (Fsp3) is 0.417. The Kier molecular flexibility index (Phi) is 5.28. The van der Waals surface area contributed by atoms with Gasteiger partial charge in [0, 0.05) is 0 Å². The Bertz CT molecular complexity index is 483. The quantitative estimate of drug-likeness (QED) is 0.511. The zero-order valence-corrected chi connectivity index (χ0v) is 10.7. The third-order valence-corrected chi connectivity index (χ3v) is 2.44. The van der Waals surface area contributed by atoms with Crippen molar-refractivity contribution in [2.24, 2.45) is 0 Å². The maximum atomic E-state index is 12.3. The van der Waals surface area contributed by atoms with Crippen molar-refractivity contribution in [1.29, 1.82) is 0 Å². The van der Waals surface area contributed by atoms with Crippen molar-refractivity contribution >= 4 is 5.97 Å². The maximum Gasteiger partial charge on any atom is 0.437 e. The summed E-state index contributed by atoms with van der Waals surface area (Å²) in [7, 11) is 0. The van der Waals surface area contributed by atoms with E-state index in [1.165, 1.54) is 12.1 Å². The second-order valence-corrected chi connectivity index (χ2v) is 4.00. The molecule has 0 aliphatic carbocycles. The summed E-state index contributed by atoms with van der Waals surface area (Å²) in [6.07, 6.45) is -12.5. The van der Waals surface area contributed by atoms with Gasteiger partial charge in [0.15, 0.2) is 0 Å². The molecule has 0 atom stereocenters. The standard InChI is InChI=1S/C12H10F6O4/c13-11(14,15)10(20,12(16,17)18)9(19)22-7-6-21-8-4-2-1-3-5-8/h1-5,20H,6-7H2. The summed E-state index contributed by atoms with van der Waals surface area (Å²) in [5.74, 6) is -2.58. The number of esters is 1. The minimum absolute atomic E-state index is 0.278. The molecular formula is C12H10F6O4. The van der Waals surface area contributed by atoms with Gasteiger partial charge in [-0.2, -0.15) is 26.3 Å². The minimum Gasteiger partial charge on any atom is -0.490 e. The number of alkyl halides is 6. The largest absolute Gasteiger partial charge is 0.490 e. The van der Waals surface area contributed by atoms with Gasteiger partial charge >= 0.3 is 23.9 Å². The molecule has 0 amide bonds. The summed E-state index contributed by atoms with van der Waals surface area (Å²) in [5, 5.41) is 8.70. The Morgan fingerprint density at radius 1 is 0.955 bits per heavy atom. The minimum atomic E-state index is -6.26. The molecule has 1 N–H and O–H groups in total. The molecule has 1 aromatic rings. The van der Waals surface area contributed by atoms with Crippen molar-refractivity contribution in [2.45, 2.75) is 18.0 Å². The van der Waals surface area contributed by atoms with Crippen LogP contribution in [0.15, 0.2) is 30.3 Å². The van der Waals surface area contributed by atoms with E-state index < -0.39 is 37.1 Å². The lowest BCUT2D eigenvalue weighted by molar-refractivity contribution is -0.357. The number of carbonyl (C=O) groups excluding carboxylic acids is 1. The number of aliphatic hydroxyl groups is 1.